The molecular formula is C11H5BrClFIN2-. The maximum atomic E-state index is 12.8. The third-order valence-corrected chi connectivity index (χ3v) is 5.22. The van der Waals surface area contributed by atoms with Crippen molar-refractivity contribution in [2.24, 2.45) is 0 Å². The van der Waals surface area contributed by atoms with Crippen LogP contribution in [0.1, 0.15) is 5.56 Å². The van der Waals surface area contributed by atoms with Crippen LogP contribution in [0.5, 0.6) is 0 Å². The molecule has 1 aromatic carbocycles. The maximum absolute atomic E-state index is 12.8. The first-order valence-corrected chi connectivity index (χ1v) is 7.57. The topological polar surface area (TPSA) is 39.6 Å². The minimum absolute atomic E-state index is 0.430. The number of nitriles is 1. The molecule has 0 fully saturated rings. The molecule has 0 aliphatic heterocycles. The Morgan fingerprint density at radius 2 is 2.00 bits per heavy atom. The van der Waals surface area contributed by atoms with Crippen LogP contribution < -0.4 is 21.8 Å². The molecule has 0 spiro atoms. The normalized spacial score (nSPS) is 10.5. The summed E-state index contributed by atoms with van der Waals surface area (Å²) in [7, 11) is 0. The molecule has 6 heteroatoms. The van der Waals surface area contributed by atoms with Gasteiger partial charge in [-0.25, -0.2) is 0 Å². The van der Waals surface area contributed by atoms with Crippen LogP contribution in [0.3, 0.4) is 0 Å². The van der Waals surface area contributed by atoms with Crippen molar-refractivity contribution in [1.82, 2.24) is 4.98 Å². The van der Waals surface area contributed by atoms with Gasteiger partial charge in [0.25, 0.3) is 0 Å². The molecular weight excluding hydrogens is 421 g/mol. The summed E-state index contributed by atoms with van der Waals surface area (Å²) in [4.78, 5) is 2.95. The number of aromatic amines is 1. The third-order valence-electron chi connectivity index (χ3n) is 2.21. The Balaban J connectivity index is 2.59. The summed E-state index contributed by atoms with van der Waals surface area (Å²) in [6, 6.07) is 9.12. The Kier molecular flexibility index (Phi) is 4.07. The zero-order chi connectivity index (χ0) is 12.4. The molecule has 0 aliphatic carbocycles. The quantitative estimate of drug-likeness (QED) is 0.719. The number of hydrogen-bond donors (Lipinski definition) is 1. The summed E-state index contributed by atoms with van der Waals surface area (Å²) >= 11 is 7.45. The fourth-order valence-corrected chi connectivity index (χ4v) is 3.15. The van der Waals surface area contributed by atoms with Gasteiger partial charge in [-0.3, -0.25) is 0 Å². The number of rotatable bonds is 2. The second-order valence-corrected chi connectivity index (χ2v) is 5.91. The minimum atomic E-state index is -1.59. The Hall–Kier alpha value is -0.580. The fourth-order valence-electron chi connectivity index (χ4n) is 1.43. The van der Waals surface area contributed by atoms with Crippen molar-refractivity contribution < 1.29 is 24.6 Å². The van der Waals surface area contributed by atoms with Crippen molar-refractivity contribution in [3.05, 3.63) is 43.0 Å². The number of halogens is 4. The molecule has 1 heterocycles. The SMILES string of the molecule is N#Cc1c(-c2ccc(Cl)cc2)[nH]c([I-]F)c1Br. The molecule has 88 valence electrons. The molecule has 0 saturated heterocycles. The zero-order valence-electron chi connectivity index (χ0n) is 8.27. The average molecular weight is 426 g/mol. The first-order chi connectivity index (χ1) is 8.17. The van der Waals surface area contributed by atoms with Gasteiger partial charge >= 0.3 is 123 Å². The van der Waals surface area contributed by atoms with Crippen molar-refractivity contribution in [1.29, 1.82) is 5.26 Å². The number of hydrogen-bond acceptors (Lipinski definition) is 1. The molecule has 1 aromatic heterocycles. The molecule has 0 amide bonds. The second kappa shape index (κ2) is 5.38. The Bertz CT molecular complexity index is 589. The van der Waals surface area contributed by atoms with Gasteiger partial charge in [-0.1, -0.05) is 0 Å². The van der Waals surface area contributed by atoms with Gasteiger partial charge in [0, 0.05) is 0 Å². The number of benzene rings is 1. The van der Waals surface area contributed by atoms with Crippen LogP contribution in [0.15, 0.2) is 28.7 Å². The van der Waals surface area contributed by atoms with E-state index in [2.05, 4.69) is 27.0 Å². The molecule has 0 atom stereocenters. The van der Waals surface area contributed by atoms with Crippen LogP contribution in [-0.4, -0.2) is 4.98 Å². The van der Waals surface area contributed by atoms with Gasteiger partial charge in [0.1, 0.15) is 0 Å². The Morgan fingerprint density at radius 3 is 2.53 bits per heavy atom. The van der Waals surface area contributed by atoms with Gasteiger partial charge in [-0.2, -0.15) is 0 Å². The van der Waals surface area contributed by atoms with Gasteiger partial charge in [0.05, 0.1) is 0 Å². The Labute approximate surface area is 122 Å². The summed E-state index contributed by atoms with van der Waals surface area (Å²) in [5.74, 6) is 0. The van der Waals surface area contributed by atoms with Crippen LogP contribution in [-0.2, 0) is 0 Å². The number of aromatic nitrogens is 1. The molecule has 0 saturated carbocycles. The molecule has 0 unspecified atom stereocenters. The molecule has 1 N–H and O–H groups in total. The van der Waals surface area contributed by atoms with Crippen molar-refractivity contribution in [3.8, 4) is 17.3 Å². The van der Waals surface area contributed by atoms with Gasteiger partial charge < -0.3 is 0 Å². The predicted molar refractivity (Wildman–Crippen MR) is 63.5 cm³/mol. The molecule has 0 bridgehead atoms. The summed E-state index contributed by atoms with van der Waals surface area (Å²) in [6.45, 7) is 0. The predicted octanol–water partition coefficient (Wildman–Crippen LogP) is 1.11. The monoisotopic (exact) mass is 425 g/mol. The van der Waals surface area contributed by atoms with E-state index in [-0.39, 0.29) is 0 Å². The van der Waals surface area contributed by atoms with Crippen LogP contribution in [0, 0.1) is 15.0 Å². The standard InChI is InChI=1S/C11H5BrClFIN2/c12-9-8(5-16)10(17-11(9)15-14)6-1-3-7(13)4-2-6/h1-4,17H/q-1. The van der Waals surface area contributed by atoms with Crippen molar-refractivity contribution in [2.45, 2.75) is 0 Å². The van der Waals surface area contributed by atoms with E-state index in [1.165, 1.54) is 0 Å². The third kappa shape index (κ3) is 2.49. The van der Waals surface area contributed by atoms with Crippen molar-refractivity contribution in [2.75, 3.05) is 0 Å². The molecule has 2 aromatic rings. The summed E-state index contributed by atoms with van der Waals surface area (Å²) in [5, 5.41) is 9.71. The zero-order valence-corrected chi connectivity index (χ0v) is 12.8. The van der Waals surface area contributed by atoms with Gasteiger partial charge in [0.2, 0.25) is 0 Å². The summed E-state index contributed by atoms with van der Waals surface area (Å²) in [6.07, 6.45) is 0. The van der Waals surface area contributed by atoms with Crippen LogP contribution in [0.4, 0.5) is 2.86 Å². The molecule has 17 heavy (non-hydrogen) atoms. The van der Waals surface area contributed by atoms with E-state index in [9.17, 15) is 2.86 Å². The van der Waals surface area contributed by atoms with Gasteiger partial charge in [-0.15, -0.1) is 0 Å². The number of nitrogens with zero attached hydrogens (tertiary/aromatic N) is 1. The Morgan fingerprint density at radius 1 is 1.35 bits per heavy atom. The van der Waals surface area contributed by atoms with E-state index < -0.39 is 21.8 Å². The molecule has 2 nitrogen and oxygen atoms in total. The first-order valence-electron chi connectivity index (χ1n) is 4.50. The van der Waals surface area contributed by atoms with Crippen LogP contribution >= 0.6 is 27.5 Å². The van der Waals surface area contributed by atoms with Crippen LogP contribution in [0.25, 0.3) is 11.3 Å². The van der Waals surface area contributed by atoms with Gasteiger partial charge in [-0.05, 0) is 0 Å². The number of H-pyrrole nitrogens is 1. The number of nitrogens with one attached hydrogen (secondary N) is 1. The second-order valence-electron chi connectivity index (χ2n) is 3.19. The molecule has 0 radical (unpaired) electrons. The van der Waals surface area contributed by atoms with Crippen LogP contribution in [0.2, 0.25) is 5.02 Å². The summed E-state index contributed by atoms with van der Waals surface area (Å²) < 4.78 is 13.8. The van der Waals surface area contributed by atoms with Gasteiger partial charge in [0.15, 0.2) is 0 Å². The summed E-state index contributed by atoms with van der Waals surface area (Å²) in [5.41, 5.74) is 1.87. The van der Waals surface area contributed by atoms with E-state index >= 15 is 0 Å². The average Bonchev–Trinajstić information content (AvgIpc) is 2.66. The van der Waals surface area contributed by atoms with E-state index in [1.807, 2.05) is 0 Å². The van der Waals surface area contributed by atoms with E-state index in [1.54, 1.807) is 24.3 Å². The molecule has 0 aliphatic rings. The fraction of sp³-hybridized carbons (Fsp3) is 0. The van der Waals surface area contributed by atoms with Crippen molar-refractivity contribution in [3.63, 3.8) is 0 Å². The first kappa shape index (κ1) is 12.9. The van der Waals surface area contributed by atoms with E-state index in [4.69, 9.17) is 16.9 Å². The van der Waals surface area contributed by atoms with E-state index in [0.717, 1.165) is 5.56 Å². The van der Waals surface area contributed by atoms with E-state index in [0.29, 0.717) is 24.5 Å². The van der Waals surface area contributed by atoms with Crippen molar-refractivity contribution >= 4 is 27.5 Å². The molecule has 2 rings (SSSR count).